The molecule has 0 aliphatic rings. The molecule has 2 aromatic rings. The molecule has 0 bridgehead atoms. The summed E-state index contributed by atoms with van der Waals surface area (Å²) in [6.45, 7) is 0.919. The highest BCUT2D eigenvalue weighted by Gasteiger charge is 2.33. The number of nitrogens with zero attached hydrogens (tertiary/aromatic N) is 1. The van der Waals surface area contributed by atoms with Crippen LogP contribution in [0.3, 0.4) is 0 Å². The van der Waals surface area contributed by atoms with Crippen LogP contribution >= 0.6 is 0 Å². The van der Waals surface area contributed by atoms with Crippen molar-refractivity contribution in [3.63, 3.8) is 0 Å². The Bertz CT molecular complexity index is 850. The van der Waals surface area contributed by atoms with Crippen LogP contribution in [-0.2, 0) is 15.8 Å². The largest absolute Gasteiger partial charge is 0.459 e. The number of nitrogens with one attached hydrogen (secondary N) is 2. The van der Waals surface area contributed by atoms with Gasteiger partial charge >= 0.3 is 6.18 Å². The van der Waals surface area contributed by atoms with E-state index in [0.717, 1.165) is 17.0 Å². The number of rotatable bonds is 6. The van der Waals surface area contributed by atoms with E-state index in [4.69, 9.17) is 4.42 Å². The average Bonchev–Trinajstić information content (AvgIpc) is 3.15. The minimum atomic E-state index is -4.63. The third kappa shape index (κ3) is 5.35. The minimum absolute atomic E-state index is 0.0174. The molecule has 2 N–H and O–H groups in total. The highest BCUT2D eigenvalue weighted by Crippen LogP contribution is 2.34. The molecule has 1 heterocycles. The van der Waals surface area contributed by atoms with Crippen LogP contribution in [0, 0.1) is 0 Å². The first-order chi connectivity index (χ1) is 13.1. The van der Waals surface area contributed by atoms with Gasteiger partial charge in [0.1, 0.15) is 6.04 Å². The van der Waals surface area contributed by atoms with Gasteiger partial charge in [0.05, 0.1) is 24.1 Å². The first kappa shape index (κ1) is 21.0. The van der Waals surface area contributed by atoms with E-state index < -0.39 is 47.7 Å². The van der Waals surface area contributed by atoms with Gasteiger partial charge in [0.15, 0.2) is 5.76 Å². The molecule has 0 radical (unpaired) electrons. The molecule has 28 heavy (non-hydrogen) atoms. The minimum Gasteiger partial charge on any atom is -0.459 e. The molecular formula is C18H18F3N3O4. The number of carbonyl (C=O) groups excluding carboxylic acids is 3. The summed E-state index contributed by atoms with van der Waals surface area (Å²) in [5, 5.41) is 4.56. The third-order valence-corrected chi connectivity index (χ3v) is 3.73. The van der Waals surface area contributed by atoms with E-state index in [1.165, 1.54) is 44.5 Å². The van der Waals surface area contributed by atoms with Gasteiger partial charge in [-0.25, -0.2) is 0 Å². The Labute approximate surface area is 158 Å². The molecule has 1 atom stereocenters. The van der Waals surface area contributed by atoms with Gasteiger partial charge in [-0.1, -0.05) is 12.1 Å². The molecule has 10 heteroatoms. The Morgan fingerprint density at radius 3 is 2.43 bits per heavy atom. The lowest BCUT2D eigenvalue weighted by Crippen LogP contribution is -2.47. The van der Waals surface area contributed by atoms with Gasteiger partial charge in [0.2, 0.25) is 11.8 Å². The molecular weight excluding hydrogens is 379 g/mol. The topological polar surface area (TPSA) is 91.7 Å². The van der Waals surface area contributed by atoms with Crippen LogP contribution in [0.1, 0.15) is 23.0 Å². The van der Waals surface area contributed by atoms with Crippen molar-refractivity contribution in [1.82, 2.24) is 10.2 Å². The molecule has 0 fully saturated rings. The summed E-state index contributed by atoms with van der Waals surface area (Å²) >= 11 is 0. The van der Waals surface area contributed by atoms with Gasteiger partial charge in [-0.05, 0) is 31.2 Å². The van der Waals surface area contributed by atoms with Gasteiger partial charge in [0.25, 0.3) is 5.91 Å². The van der Waals surface area contributed by atoms with Gasteiger partial charge < -0.3 is 20.0 Å². The summed E-state index contributed by atoms with van der Waals surface area (Å²) in [6.07, 6.45) is -3.33. The highest BCUT2D eigenvalue weighted by molar-refractivity contribution is 5.98. The number of hydrogen-bond acceptors (Lipinski definition) is 4. The highest BCUT2D eigenvalue weighted by atomic mass is 19.4. The summed E-state index contributed by atoms with van der Waals surface area (Å²) in [6, 6.07) is 6.48. The number of alkyl halides is 3. The summed E-state index contributed by atoms with van der Waals surface area (Å²) < 4.78 is 43.8. The van der Waals surface area contributed by atoms with E-state index >= 15 is 0 Å². The molecule has 0 saturated heterocycles. The Balaban J connectivity index is 1.95. The normalized spacial score (nSPS) is 12.2. The van der Waals surface area contributed by atoms with Crippen LogP contribution in [0.15, 0.2) is 47.1 Å². The van der Waals surface area contributed by atoms with Crippen molar-refractivity contribution < 1.29 is 32.0 Å². The maximum atomic E-state index is 13.0. The van der Waals surface area contributed by atoms with Gasteiger partial charge in [-0.2, -0.15) is 13.2 Å². The number of anilines is 1. The monoisotopic (exact) mass is 397 g/mol. The average molecular weight is 397 g/mol. The molecule has 3 amide bonds. The maximum Gasteiger partial charge on any atom is 0.418 e. The van der Waals surface area contributed by atoms with E-state index in [9.17, 15) is 27.6 Å². The fourth-order valence-corrected chi connectivity index (χ4v) is 2.39. The number of amides is 3. The number of carbonyl (C=O) groups is 3. The van der Waals surface area contributed by atoms with Crippen LogP contribution in [0.25, 0.3) is 0 Å². The zero-order valence-electron chi connectivity index (χ0n) is 15.0. The number of likely N-dealkylation sites (N-methyl/N-ethyl adjacent to an activating group) is 1. The second kappa shape index (κ2) is 8.59. The van der Waals surface area contributed by atoms with Gasteiger partial charge in [0, 0.05) is 7.05 Å². The number of furan rings is 1. The molecule has 150 valence electrons. The fraction of sp³-hybridized carbons (Fsp3) is 0.278. The smallest absolute Gasteiger partial charge is 0.418 e. The first-order valence-corrected chi connectivity index (χ1v) is 8.15. The SMILES string of the molecule is CC(NC(=O)c1ccco1)C(=O)N(C)CC(=O)Nc1ccccc1C(F)(F)F. The molecule has 0 saturated carbocycles. The summed E-state index contributed by atoms with van der Waals surface area (Å²) in [5.41, 5.74) is -1.39. The van der Waals surface area contributed by atoms with Crippen molar-refractivity contribution in [1.29, 1.82) is 0 Å². The van der Waals surface area contributed by atoms with Crippen molar-refractivity contribution in [3.05, 3.63) is 54.0 Å². The van der Waals surface area contributed by atoms with Crippen molar-refractivity contribution in [2.75, 3.05) is 18.9 Å². The summed E-state index contributed by atoms with van der Waals surface area (Å²) in [7, 11) is 1.30. The van der Waals surface area contributed by atoms with Crippen molar-refractivity contribution >= 4 is 23.4 Å². The fourth-order valence-electron chi connectivity index (χ4n) is 2.39. The van der Waals surface area contributed by atoms with E-state index in [1.54, 1.807) is 0 Å². The van der Waals surface area contributed by atoms with E-state index in [0.29, 0.717) is 0 Å². The standard InChI is InChI=1S/C18H18F3N3O4/c1-11(22-16(26)14-8-5-9-28-14)17(27)24(2)10-15(25)23-13-7-4-3-6-12(13)18(19,20)21/h3-9,11H,10H2,1-2H3,(H,22,26)(H,23,25). The number of halogens is 3. The van der Waals surface area contributed by atoms with Crippen LogP contribution in [-0.4, -0.2) is 42.3 Å². The van der Waals surface area contributed by atoms with Crippen LogP contribution in [0.2, 0.25) is 0 Å². The Kier molecular flexibility index (Phi) is 6.45. The zero-order valence-corrected chi connectivity index (χ0v) is 15.0. The van der Waals surface area contributed by atoms with Crippen LogP contribution in [0.4, 0.5) is 18.9 Å². The van der Waals surface area contributed by atoms with Gasteiger partial charge in [-0.15, -0.1) is 0 Å². The molecule has 2 rings (SSSR count). The van der Waals surface area contributed by atoms with Crippen LogP contribution in [0.5, 0.6) is 0 Å². The number of benzene rings is 1. The molecule has 0 aliphatic carbocycles. The predicted octanol–water partition coefficient (Wildman–Crippen LogP) is 2.51. The molecule has 7 nitrogen and oxygen atoms in total. The second-order valence-electron chi connectivity index (χ2n) is 5.96. The predicted molar refractivity (Wildman–Crippen MR) is 93.3 cm³/mol. The number of hydrogen-bond donors (Lipinski definition) is 2. The first-order valence-electron chi connectivity index (χ1n) is 8.15. The molecule has 1 aromatic carbocycles. The zero-order chi connectivity index (χ0) is 20.9. The second-order valence-corrected chi connectivity index (χ2v) is 5.96. The van der Waals surface area contributed by atoms with Gasteiger partial charge in [-0.3, -0.25) is 14.4 Å². The quantitative estimate of drug-likeness (QED) is 0.784. The number of para-hydroxylation sites is 1. The van der Waals surface area contributed by atoms with Crippen molar-refractivity contribution in [3.8, 4) is 0 Å². The van der Waals surface area contributed by atoms with Crippen molar-refractivity contribution in [2.45, 2.75) is 19.1 Å². The maximum absolute atomic E-state index is 13.0. The Morgan fingerprint density at radius 1 is 1.14 bits per heavy atom. The summed E-state index contributed by atoms with van der Waals surface area (Å²) in [4.78, 5) is 37.2. The molecule has 1 unspecified atom stereocenters. The molecule has 0 aliphatic heterocycles. The Morgan fingerprint density at radius 2 is 1.82 bits per heavy atom. The van der Waals surface area contributed by atoms with E-state index in [1.807, 2.05) is 0 Å². The van der Waals surface area contributed by atoms with E-state index in [2.05, 4.69) is 10.6 Å². The molecule has 1 aromatic heterocycles. The van der Waals surface area contributed by atoms with Crippen LogP contribution < -0.4 is 10.6 Å². The van der Waals surface area contributed by atoms with E-state index in [-0.39, 0.29) is 5.76 Å². The van der Waals surface area contributed by atoms with Crippen molar-refractivity contribution in [2.24, 2.45) is 0 Å². The molecule has 0 spiro atoms. The summed E-state index contributed by atoms with van der Waals surface area (Å²) in [5.74, 6) is -2.00. The lowest BCUT2D eigenvalue weighted by Gasteiger charge is -2.22. The lowest BCUT2D eigenvalue weighted by molar-refractivity contribution is -0.137. The lowest BCUT2D eigenvalue weighted by atomic mass is 10.1. The Hall–Kier alpha value is -3.30. The third-order valence-electron chi connectivity index (χ3n) is 3.73.